The van der Waals surface area contributed by atoms with Gasteiger partial charge in [0.15, 0.2) is 0 Å². The molecule has 58 valence electrons. The topological polar surface area (TPSA) is 82.9 Å². The van der Waals surface area contributed by atoms with Gasteiger partial charge in [0.25, 0.3) is 6.43 Å². The lowest BCUT2D eigenvalue weighted by Crippen LogP contribution is -2.09. The van der Waals surface area contributed by atoms with Gasteiger partial charge in [0.1, 0.15) is 5.75 Å². The maximum atomic E-state index is 11.3. The molecule has 0 aliphatic heterocycles. The highest BCUT2D eigenvalue weighted by molar-refractivity contribution is 7.90. The summed E-state index contributed by atoms with van der Waals surface area (Å²) in [5.41, 5.74) is 7.55. The first-order valence-electron chi connectivity index (χ1n) is 2.05. The second kappa shape index (κ2) is 3.33. The van der Waals surface area contributed by atoms with Crippen molar-refractivity contribution < 1.29 is 17.2 Å². The van der Waals surface area contributed by atoms with Gasteiger partial charge in [-0.3, -0.25) is 0 Å². The Hall–Kier alpha value is -0.880. The molecule has 8 heteroatoms. The van der Waals surface area contributed by atoms with Crippen molar-refractivity contribution in [2.75, 3.05) is 5.75 Å². The monoisotopic (exact) mass is 171 g/mol. The van der Waals surface area contributed by atoms with Crippen LogP contribution in [0.3, 0.4) is 0 Å². The van der Waals surface area contributed by atoms with Crippen LogP contribution < -0.4 is 0 Å². The van der Waals surface area contributed by atoms with Crippen LogP contribution in [-0.4, -0.2) is 20.6 Å². The van der Waals surface area contributed by atoms with E-state index < -0.39 is 22.2 Å². The van der Waals surface area contributed by atoms with Gasteiger partial charge in [-0.2, -0.15) is 0 Å². The Bertz CT molecular complexity index is 241. The lowest BCUT2D eigenvalue weighted by atomic mass is 10.9. The van der Waals surface area contributed by atoms with Gasteiger partial charge in [0.05, 0.1) is 0 Å². The lowest BCUT2D eigenvalue weighted by Gasteiger charge is -1.92. The summed E-state index contributed by atoms with van der Waals surface area (Å²) in [6, 6.07) is 0. The Morgan fingerprint density at radius 2 is 2.10 bits per heavy atom. The molecule has 0 N–H and O–H groups in total. The second-order valence-corrected chi connectivity index (χ2v) is 2.97. The smallest absolute Gasteiger partial charge is 0.221 e. The summed E-state index contributed by atoms with van der Waals surface area (Å²) in [5.74, 6) is -1.42. The summed E-state index contributed by atoms with van der Waals surface area (Å²) in [6.07, 6.45) is -3.00. The van der Waals surface area contributed by atoms with Gasteiger partial charge in [-0.1, -0.05) is 0 Å². The molecule has 10 heavy (non-hydrogen) atoms. The lowest BCUT2D eigenvalue weighted by molar-refractivity contribution is 0.174. The molecule has 0 aromatic heterocycles. The van der Waals surface area contributed by atoms with Crippen molar-refractivity contribution in [2.45, 2.75) is 6.43 Å². The third-order valence-electron chi connectivity index (χ3n) is 0.498. The molecule has 0 rings (SSSR count). The first-order chi connectivity index (χ1) is 4.48. The predicted octanol–water partition coefficient (Wildman–Crippen LogP) is 0.892. The van der Waals surface area contributed by atoms with E-state index in [4.69, 9.17) is 5.53 Å². The quantitative estimate of drug-likeness (QED) is 0.359. The van der Waals surface area contributed by atoms with Gasteiger partial charge < -0.3 is 0 Å². The first-order valence-corrected chi connectivity index (χ1v) is 3.66. The van der Waals surface area contributed by atoms with Crippen LogP contribution in [0.25, 0.3) is 10.4 Å². The maximum absolute atomic E-state index is 11.3. The average molecular weight is 171 g/mol. The summed E-state index contributed by atoms with van der Waals surface area (Å²) >= 11 is 0. The maximum Gasteiger partial charge on any atom is 0.252 e. The molecule has 0 aliphatic carbocycles. The number of halogens is 2. The molecule has 0 atom stereocenters. The number of azide groups is 1. The molecule has 0 spiro atoms. The second-order valence-electron chi connectivity index (χ2n) is 1.31. The zero-order chi connectivity index (χ0) is 8.20. The highest BCUT2D eigenvalue weighted by Gasteiger charge is 2.15. The fourth-order valence-corrected chi connectivity index (χ4v) is 0.745. The van der Waals surface area contributed by atoms with Crippen molar-refractivity contribution in [3.8, 4) is 0 Å². The average Bonchev–Trinajstić information content (AvgIpc) is 1.59. The van der Waals surface area contributed by atoms with E-state index in [1.165, 1.54) is 0 Å². The normalized spacial score (nSPS) is 11.1. The summed E-state index contributed by atoms with van der Waals surface area (Å²) in [4.78, 5) is 1.86. The Labute approximate surface area is 55.3 Å². The van der Waals surface area contributed by atoms with Gasteiger partial charge in [-0.15, -0.1) is 0 Å². The minimum atomic E-state index is -4.27. The van der Waals surface area contributed by atoms with E-state index in [2.05, 4.69) is 4.52 Å². The number of rotatable bonds is 3. The Morgan fingerprint density at radius 1 is 1.60 bits per heavy atom. The van der Waals surface area contributed by atoms with E-state index in [9.17, 15) is 17.2 Å². The first kappa shape index (κ1) is 9.12. The highest BCUT2D eigenvalue weighted by atomic mass is 32.2. The van der Waals surface area contributed by atoms with E-state index in [0.29, 0.717) is 0 Å². The summed E-state index contributed by atoms with van der Waals surface area (Å²) in [6.45, 7) is 0. The molecular formula is C2H3F2N3O2S. The number of hydrogen-bond acceptors (Lipinski definition) is 2. The van der Waals surface area contributed by atoms with Gasteiger partial charge in [0.2, 0.25) is 10.0 Å². The fourth-order valence-electron chi connectivity index (χ4n) is 0.248. The molecule has 0 bridgehead atoms. The molecule has 0 unspecified atom stereocenters. The Kier molecular flexibility index (Phi) is 3.04. The molecule has 0 aromatic rings. The fraction of sp³-hybridized carbons (Fsp3) is 1.00. The third kappa shape index (κ3) is 4.04. The molecule has 0 saturated carbocycles. The van der Waals surface area contributed by atoms with Crippen LogP contribution in [0.2, 0.25) is 0 Å². The van der Waals surface area contributed by atoms with E-state index >= 15 is 0 Å². The Balaban J connectivity index is 4.30. The van der Waals surface area contributed by atoms with Gasteiger partial charge in [-0.05, 0) is 5.53 Å². The number of nitrogens with zero attached hydrogens (tertiary/aromatic N) is 3. The Morgan fingerprint density at radius 3 is 2.40 bits per heavy atom. The van der Waals surface area contributed by atoms with E-state index in [-0.39, 0.29) is 0 Å². The van der Waals surface area contributed by atoms with Crippen molar-refractivity contribution in [2.24, 2.45) is 4.52 Å². The van der Waals surface area contributed by atoms with Gasteiger partial charge >= 0.3 is 0 Å². The summed E-state index contributed by atoms with van der Waals surface area (Å²) in [5, 5.41) is 0. The van der Waals surface area contributed by atoms with Crippen LogP contribution >= 0.6 is 0 Å². The number of alkyl halides is 2. The van der Waals surface area contributed by atoms with E-state index in [0.717, 1.165) is 0 Å². The molecule has 0 amide bonds. The molecule has 5 nitrogen and oxygen atoms in total. The van der Waals surface area contributed by atoms with Gasteiger partial charge in [0, 0.05) is 9.43 Å². The minimum absolute atomic E-state index is 1.42. The summed E-state index contributed by atoms with van der Waals surface area (Å²) < 4.78 is 45.0. The number of hydrogen-bond donors (Lipinski definition) is 0. The predicted molar refractivity (Wildman–Crippen MR) is 28.9 cm³/mol. The van der Waals surface area contributed by atoms with Crippen molar-refractivity contribution >= 4 is 10.0 Å². The largest absolute Gasteiger partial charge is 0.252 e. The molecular weight excluding hydrogens is 168 g/mol. The zero-order valence-corrected chi connectivity index (χ0v) is 5.42. The molecule has 0 aliphatic rings. The van der Waals surface area contributed by atoms with Crippen LogP contribution in [0.4, 0.5) is 8.78 Å². The number of sulfonamides is 1. The van der Waals surface area contributed by atoms with Crippen molar-refractivity contribution in [1.29, 1.82) is 0 Å². The molecule has 0 saturated heterocycles. The highest BCUT2D eigenvalue weighted by Crippen LogP contribution is 2.00. The zero-order valence-electron chi connectivity index (χ0n) is 4.61. The van der Waals surface area contributed by atoms with E-state index in [1.54, 1.807) is 0 Å². The van der Waals surface area contributed by atoms with E-state index in [1.807, 2.05) is 4.91 Å². The van der Waals surface area contributed by atoms with Crippen LogP contribution in [0.15, 0.2) is 4.52 Å². The van der Waals surface area contributed by atoms with Crippen molar-refractivity contribution in [1.82, 2.24) is 0 Å². The molecule has 0 radical (unpaired) electrons. The van der Waals surface area contributed by atoms with Crippen LogP contribution in [0.5, 0.6) is 0 Å². The molecule has 0 aromatic carbocycles. The van der Waals surface area contributed by atoms with Crippen LogP contribution in [0.1, 0.15) is 0 Å². The molecule has 0 fully saturated rings. The summed E-state index contributed by atoms with van der Waals surface area (Å²) in [7, 11) is -4.27. The van der Waals surface area contributed by atoms with Crippen molar-refractivity contribution in [3.63, 3.8) is 0 Å². The van der Waals surface area contributed by atoms with Crippen LogP contribution in [0, 0.1) is 0 Å². The standard InChI is InChI=1S/C2H3F2N3O2S/c3-2(4)1-10(8,9)7-6-5/h2H,1H2. The SMILES string of the molecule is [N-]=[N+]=NS(=O)(=O)CC(F)F. The minimum Gasteiger partial charge on any atom is -0.221 e. The van der Waals surface area contributed by atoms with Crippen molar-refractivity contribution in [3.05, 3.63) is 10.4 Å². The van der Waals surface area contributed by atoms with Crippen LogP contribution in [-0.2, 0) is 10.0 Å². The van der Waals surface area contributed by atoms with Gasteiger partial charge in [-0.25, -0.2) is 17.2 Å². The molecule has 0 heterocycles. The third-order valence-corrected chi connectivity index (χ3v) is 1.49.